The van der Waals surface area contributed by atoms with Crippen LogP contribution in [0.25, 0.3) is 0 Å². The molecule has 2 rings (SSSR count). The Morgan fingerprint density at radius 3 is 2.36 bits per heavy atom. The van der Waals surface area contributed by atoms with Gasteiger partial charge in [0.15, 0.2) is 18.1 Å². The van der Waals surface area contributed by atoms with Crippen LogP contribution in [0.1, 0.15) is 30.0 Å². The average Bonchev–Trinajstić information content (AvgIpc) is 2.66. The van der Waals surface area contributed by atoms with E-state index in [1.807, 2.05) is 45.0 Å². The molecule has 0 aliphatic heterocycles. The lowest BCUT2D eigenvalue weighted by Gasteiger charge is -2.23. The van der Waals surface area contributed by atoms with Gasteiger partial charge in [0.25, 0.3) is 5.91 Å². The fourth-order valence-electron chi connectivity index (χ4n) is 2.85. The summed E-state index contributed by atoms with van der Waals surface area (Å²) >= 11 is 0. The van der Waals surface area contributed by atoms with Crippen molar-refractivity contribution in [1.82, 2.24) is 0 Å². The number of benzene rings is 2. The van der Waals surface area contributed by atoms with E-state index in [9.17, 15) is 4.79 Å². The van der Waals surface area contributed by atoms with E-state index in [0.29, 0.717) is 23.7 Å². The predicted octanol–water partition coefficient (Wildman–Crippen LogP) is 3.90. The molecule has 6 heteroatoms. The molecule has 0 N–H and O–H groups in total. The molecular formula is C22H23N3O3. The first-order valence-electron chi connectivity index (χ1n) is 9.03. The molecule has 0 saturated heterocycles. The molecule has 0 heterocycles. The van der Waals surface area contributed by atoms with Crippen LogP contribution in [0.3, 0.4) is 0 Å². The van der Waals surface area contributed by atoms with E-state index in [-0.39, 0.29) is 25.5 Å². The van der Waals surface area contributed by atoms with Gasteiger partial charge in [-0.1, -0.05) is 6.07 Å². The maximum atomic E-state index is 12.8. The zero-order valence-electron chi connectivity index (χ0n) is 16.4. The van der Waals surface area contributed by atoms with E-state index in [1.54, 1.807) is 23.1 Å². The van der Waals surface area contributed by atoms with Crippen molar-refractivity contribution in [3.8, 4) is 23.6 Å². The number of carbonyl (C=O) groups is 1. The summed E-state index contributed by atoms with van der Waals surface area (Å²) in [5.74, 6) is 0.561. The van der Waals surface area contributed by atoms with Crippen LogP contribution < -0.4 is 14.4 Å². The van der Waals surface area contributed by atoms with Crippen LogP contribution in [0.5, 0.6) is 11.5 Å². The number of amides is 1. The summed E-state index contributed by atoms with van der Waals surface area (Å²) in [6.07, 6.45) is 0.222. The third-order valence-corrected chi connectivity index (χ3v) is 3.99. The molecule has 0 aliphatic rings. The highest BCUT2D eigenvalue weighted by molar-refractivity contribution is 5.94. The van der Waals surface area contributed by atoms with Gasteiger partial charge in [-0.2, -0.15) is 10.5 Å². The minimum Gasteiger partial charge on any atom is -0.490 e. The standard InChI is InChI=1S/C22H23N3O3/c1-4-27-21-13-18(14-24)6-7-20(21)28-15-22(26)25(9-5-8-23)19-11-16(2)10-17(3)12-19/h6-7,10-13H,4-5,9,15H2,1-3H3. The number of rotatable bonds is 8. The zero-order valence-corrected chi connectivity index (χ0v) is 16.4. The maximum Gasteiger partial charge on any atom is 0.264 e. The molecule has 0 radical (unpaired) electrons. The molecule has 28 heavy (non-hydrogen) atoms. The van der Waals surface area contributed by atoms with Gasteiger partial charge in [-0.15, -0.1) is 0 Å². The summed E-state index contributed by atoms with van der Waals surface area (Å²) in [4.78, 5) is 14.4. The molecule has 0 saturated carbocycles. The second kappa shape index (κ2) is 9.99. The summed E-state index contributed by atoms with van der Waals surface area (Å²) in [5, 5.41) is 18.0. The molecule has 144 valence electrons. The average molecular weight is 377 g/mol. The zero-order chi connectivity index (χ0) is 20.5. The molecule has 0 unspecified atom stereocenters. The van der Waals surface area contributed by atoms with Gasteiger partial charge >= 0.3 is 0 Å². The number of aryl methyl sites for hydroxylation is 2. The number of carbonyl (C=O) groups excluding carboxylic acids is 1. The molecule has 2 aromatic carbocycles. The molecule has 2 aromatic rings. The third kappa shape index (κ3) is 5.49. The third-order valence-electron chi connectivity index (χ3n) is 3.99. The van der Waals surface area contributed by atoms with Crippen LogP contribution in [0.4, 0.5) is 5.69 Å². The molecule has 0 aliphatic carbocycles. The van der Waals surface area contributed by atoms with Gasteiger partial charge < -0.3 is 14.4 Å². The Bertz CT molecular complexity index is 905. The van der Waals surface area contributed by atoms with Crippen molar-refractivity contribution in [3.63, 3.8) is 0 Å². The highest BCUT2D eigenvalue weighted by atomic mass is 16.5. The van der Waals surface area contributed by atoms with Gasteiger partial charge in [-0.05, 0) is 56.2 Å². The molecule has 0 fully saturated rings. The van der Waals surface area contributed by atoms with Crippen molar-refractivity contribution in [3.05, 3.63) is 53.1 Å². The van der Waals surface area contributed by atoms with Crippen molar-refractivity contribution < 1.29 is 14.3 Å². The molecule has 0 spiro atoms. The fraction of sp³-hybridized carbons (Fsp3) is 0.318. The van der Waals surface area contributed by atoms with Crippen molar-refractivity contribution in [2.24, 2.45) is 0 Å². The lowest BCUT2D eigenvalue weighted by atomic mass is 10.1. The van der Waals surface area contributed by atoms with E-state index in [0.717, 1.165) is 16.8 Å². The summed E-state index contributed by atoms with van der Waals surface area (Å²) in [6, 6.07) is 14.8. The number of hydrogen-bond acceptors (Lipinski definition) is 5. The number of anilines is 1. The van der Waals surface area contributed by atoms with E-state index in [2.05, 4.69) is 6.07 Å². The number of ether oxygens (including phenoxy) is 2. The van der Waals surface area contributed by atoms with Crippen LogP contribution in [-0.4, -0.2) is 25.7 Å². The Labute approximate surface area is 165 Å². The Hall–Kier alpha value is -3.51. The van der Waals surface area contributed by atoms with Gasteiger partial charge in [0.05, 0.1) is 30.7 Å². The van der Waals surface area contributed by atoms with Crippen molar-refractivity contribution in [2.45, 2.75) is 27.2 Å². The maximum absolute atomic E-state index is 12.8. The normalized spacial score (nSPS) is 9.89. The van der Waals surface area contributed by atoms with E-state index in [1.165, 1.54) is 0 Å². The second-order valence-electron chi connectivity index (χ2n) is 6.29. The Balaban J connectivity index is 2.20. The van der Waals surface area contributed by atoms with E-state index in [4.69, 9.17) is 20.0 Å². The highest BCUT2D eigenvalue weighted by Gasteiger charge is 2.18. The number of hydrogen-bond donors (Lipinski definition) is 0. The van der Waals surface area contributed by atoms with Gasteiger partial charge in [0.2, 0.25) is 0 Å². The SMILES string of the molecule is CCOc1cc(C#N)ccc1OCC(=O)N(CCC#N)c1cc(C)cc(C)c1. The first-order valence-corrected chi connectivity index (χ1v) is 9.03. The molecule has 6 nitrogen and oxygen atoms in total. The fourth-order valence-corrected chi connectivity index (χ4v) is 2.85. The van der Waals surface area contributed by atoms with Crippen molar-refractivity contribution >= 4 is 11.6 Å². The quantitative estimate of drug-likeness (QED) is 0.696. The highest BCUT2D eigenvalue weighted by Crippen LogP contribution is 2.28. The van der Waals surface area contributed by atoms with Gasteiger partial charge in [-0.3, -0.25) is 4.79 Å². The summed E-state index contributed by atoms with van der Waals surface area (Å²) in [7, 11) is 0. The van der Waals surface area contributed by atoms with Crippen LogP contribution in [-0.2, 0) is 4.79 Å². The van der Waals surface area contributed by atoms with Crippen LogP contribution in [0.15, 0.2) is 36.4 Å². The predicted molar refractivity (Wildman–Crippen MR) is 106 cm³/mol. The lowest BCUT2D eigenvalue weighted by molar-refractivity contribution is -0.120. The number of nitriles is 2. The molecule has 0 aromatic heterocycles. The summed E-state index contributed by atoms with van der Waals surface area (Å²) in [5.41, 5.74) is 3.27. The van der Waals surface area contributed by atoms with Crippen LogP contribution in [0.2, 0.25) is 0 Å². The molecule has 0 atom stereocenters. The lowest BCUT2D eigenvalue weighted by Crippen LogP contribution is -2.36. The first kappa shape index (κ1) is 20.8. The van der Waals surface area contributed by atoms with E-state index >= 15 is 0 Å². The van der Waals surface area contributed by atoms with Crippen molar-refractivity contribution in [1.29, 1.82) is 10.5 Å². The minimum absolute atomic E-state index is 0.204. The number of nitrogens with zero attached hydrogens (tertiary/aromatic N) is 3. The molecule has 0 bridgehead atoms. The Morgan fingerprint density at radius 2 is 1.75 bits per heavy atom. The van der Waals surface area contributed by atoms with Crippen LogP contribution >= 0.6 is 0 Å². The second-order valence-corrected chi connectivity index (χ2v) is 6.29. The summed E-state index contributed by atoms with van der Waals surface area (Å²) < 4.78 is 11.2. The van der Waals surface area contributed by atoms with Crippen LogP contribution in [0, 0.1) is 36.5 Å². The summed E-state index contributed by atoms with van der Waals surface area (Å²) in [6.45, 7) is 6.25. The molecule has 1 amide bonds. The van der Waals surface area contributed by atoms with E-state index < -0.39 is 0 Å². The topological polar surface area (TPSA) is 86.3 Å². The van der Waals surface area contributed by atoms with Gasteiger partial charge in [-0.25, -0.2) is 0 Å². The molecular weight excluding hydrogens is 354 g/mol. The Morgan fingerprint density at radius 1 is 1.04 bits per heavy atom. The van der Waals surface area contributed by atoms with Gasteiger partial charge in [0.1, 0.15) is 0 Å². The smallest absolute Gasteiger partial charge is 0.264 e. The largest absolute Gasteiger partial charge is 0.490 e. The minimum atomic E-state index is -0.257. The monoisotopic (exact) mass is 377 g/mol. The first-order chi connectivity index (χ1) is 13.5. The van der Waals surface area contributed by atoms with Gasteiger partial charge in [0, 0.05) is 18.3 Å². The Kier molecular flexibility index (Phi) is 7.42. The van der Waals surface area contributed by atoms with Crippen molar-refractivity contribution in [2.75, 3.05) is 24.7 Å².